The molecule has 78 valence electrons. The Kier molecular flexibility index (Phi) is 2.32. The van der Waals surface area contributed by atoms with Crippen LogP contribution in [-0.4, -0.2) is 20.2 Å². The van der Waals surface area contributed by atoms with E-state index < -0.39 is 5.82 Å². The predicted molar refractivity (Wildman–Crippen MR) is 53.3 cm³/mol. The van der Waals surface area contributed by atoms with E-state index in [2.05, 4.69) is 15.5 Å². The zero-order chi connectivity index (χ0) is 10.8. The summed E-state index contributed by atoms with van der Waals surface area (Å²) in [7, 11) is 0. The molecule has 0 aliphatic carbocycles. The number of hydrogen-bond donors (Lipinski definition) is 1. The van der Waals surface area contributed by atoms with E-state index in [0.717, 1.165) is 0 Å². The van der Waals surface area contributed by atoms with Crippen LogP contribution in [-0.2, 0) is 6.54 Å². The van der Waals surface area contributed by atoms with Crippen LogP contribution in [0.5, 0.6) is 0 Å². The molecule has 0 unspecified atom stereocenters. The van der Waals surface area contributed by atoms with Gasteiger partial charge in [-0.25, -0.2) is 9.07 Å². The molecule has 0 amide bonds. The lowest BCUT2D eigenvalue weighted by Gasteiger charge is -2.02. The van der Waals surface area contributed by atoms with Gasteiger partial charge < -0.3 is 5.73 Å². The Hall–Kier alpha value is -1.98. The highest BCUT2D eigenvalue weighted by Crippen LogP contribution is 2.20. The lowest BCUT2D eigenvalue weighted by Crippen LogP contribution is -2.00. The summed E-state index contributed by atoms with van der Waals surface area (Å²) in [5.41, 5.74) is 6.27. The van der Waals surface area contributed by atoms with Crippen LogP contribution in [0, 0.1) is 5.82 Å². The van der Waals surface area contributed by atoms with Crippen molar-refractivity contribution in [2.75, 3.05) is 5.73 Å². The molecule has 1 aromatic carbocycles. The van der Waals surface area contributed by atoms with Crippen molar-refractivity contribution in [3.05, 3.63) is 24.0 Å². The summed E-state index contributed by atoms with van der Waals surface area (Å²) in [5, 5.41) is 11.2. The van der Waals surface area contributed by atoms with Crippen molar-refractivity contribution in [1.29, 1.82) is 0 Å². The van der Waals surface area contributed by atoms with E-state index in [9.17, 15) is 4.39 Å². The number of nitrogen functional groups attached to an aromatic ring is 1. The third-order valence-corrected chi connectivity index (χ3v) is 2.09. The summed E-state index contributed by atoms with van der Waals surface area (Å²) >= 11 is 0. The lowest BCUT2D eigenvalue weighted by atomic mass is 10.2. The van der Waals surface area contributed by atoms with Gasteiger partial charge in [-0.3, -0.25) is 0 Å². The number of benzene rings is 1. The molecule has 0 spiro atoms. The first-order valence-electron chi connectivity index (χ1n) is 4.54. The standard InChI is InChI=1S/C9H10FN5/c1-2-15-9(12-13-14-15)6-3-4-7(10)8(11)5-6/h3-5H,2,11H2,1H3. The summed E-state index contributed by atoms with van der Waals surface area (Å²) in [6.45, 7) is 2.58. The SMILES string of the molecule is CCn1nnnc1-c1ccc(F)c(N)c1. The normalized spacial score (nSPS) is 10.5. The van der Waals surface area contributed by atoms with Crippen LogP contribution in [0.15, 0.2) is 18.2 Å². The monoisotopic (exact) mass is 207 g/mol. The Morgan fingerprint density at radius 2 is 2.27 bits per heavy atom. The Morgan fingerprint density at radius 1 is 1.47 bits per heavy atom. The van der Waals surface area contributed by atoms with E-state index in [1.165, 1.54) is 12.1 Å². The van der Waals surface area contributed by atoms with Gasteiger partial charge in [0.05, 0.1) is 5.69 Å². The number of hydrogen-bond acceptors (Lipinski definition) is 4. The summed E-state index contributed by atoms with van der Waals surface area (Å²) in [5.74, 6) is 0.151. The third-order valence-electron chi connectivity index (χ3n) is 2.09. The van der Waals surface area contributed by atoms with E-state index in [-0.39, 0.29) is 5.69 Å². The van der Waals surface area contributed by atoms with Gasteiger partial charge in [0, 0.05) is 12.1 Å². The molecule has 6 heteroatoms. The third kappa shape index (κ3) is 1.65. The van der Waals surface area contributed by atoms with Gasteiger partial charge in [0.1, 0.15) is 5.82 Å². The van der Waals surface area contributed by atoms with E-state index >= 15 is 0 Å². The van der Waals surface area contributed by atoms with Crippen molar-refractivity contribution < 1.29 is 4.39 Å². The highest BCUT2D eigenvalue weighted by Gasteiger charge is 2.08. The topological polar surface area (TPSA) is 69.6 Å². The number of rotatable bonds is 2. The van der Waals surface area contributed by atoms with E-state index in [1.807, 2.05) is 6.92 Å². The van der Waals surface area contributed by atoms with Crippen LogP contribution >= 0.6 is 0 Å². The molecule has 0 bridgehead atoms. The number of nitrogens with zero attached hydrogens (tertiary/aromatic N) is 4. The second-order valence-corrected chi connectivity index (χ2v) is 3.05. The molecule has 0 aliphatic heterocycles. The summed E-state index contributed by atoms with van der Waals surface area (Å²) < 4.78 is 14.6. The van der Waals surface area contributed by atoms with Gasteiger partial charge in [-0.1, -0.05) is 0 Å². The number of halogens is 1. The molecule has 0 fully saturated rings. The number of nitrogens with two attached hydrogens (primary N) is 1. The largest absolute Gasteiger partial charge is 0.396 e. The number of aromatic nitrogens is 4. The maximum absolute atomic E-state index is 12.9. The maximum atomic E-state index is 12.9. The summed E-state index contributed by atoms with van der Waals surface area (Å²) in [6, 6.07) is 4.43. The maximum Gasteiger partial charge on any atom is 0.182 e. The van der Waals surface area contributed by atoms with Crippen LogP contribution in [0.2, 0.25) is 0 Å². The molecule has 2 aromatic rings. The average molecular weight is 207 g/mol. The molecule has 0 radical (unpaired) electrons. The fourth-order valence-corrected chi connectivity index (χ4v) is 1.31. The molecule has 1 aromatic heterocycles. The first-order valence-corrected chi connectivity index (χ1v) is 4.54. The zero-order valence-electron chi connectivity index (χ0n) is 8.18. The molecule has 2 N–H and O–H groups in total. The van der Waals surface area contributed by atoms with Gasteiger partial charge >= 0.3 is 0 Å². The van der Waals surface area contributed by atoms with Crippen molar-refractivity contribution in [2.45, 2.75) is 13.5 Å². The highest BCUT2D eigenvalue weighted by atomic mass is 19.1. The van der Waals surface area contributed by atoms with Crippen molar-refractivity contribution in [3.63, 3.8) is 0 Å². The molecule has 1 heterocycles. The van der Waals surface area contributed by atoms with Gasteiger partial charge in [0.2, 0.25) is 0 Å². The Morgan fingerprint density at radius 3 is 2.93 bits per heavy atom. The Labute approximate surface area is 85.7 Å². The molecule has 0 aliphatic rings. The number of tetrazole rings is 1. The minimum Gasteiger partial charge on any atom is -0.396 e. The van der Waals surface area contributed by atoms with Gasteiger partial charge in [0.15, 0.2) is 5.82 Å². The fourth-order valence-electron chi connectivity index (χ4n) is 1.31. The van der Waals surface area contributed by atoms with Gasteiger partial charge in [-0.05, 0) is 35.5 Å². The fraction of sp³-hybridized carbons (Fsp3) is 0.222. The number of aryl methyl sites for hydroxylation is 1. The minimum atomic E-state index is -0.436. The first-order chi connectivity index (χ1) is 7.22. The zero-order valence-corrected chi connectivity index (χ0v) is 8.18. The van der Waals surface area contributed by atoms with Crippen LogP contribution in [0.3, 0.4) is 0 Å². The quantitative estimate of drug-likeness (QED) is 0.748. The van der Waals surface area contributed by atoms with Crippen LogP contribution in [0.25, 0.3) is 11.4 Å². The lowest BCUT2D eigenvalue weighted by molar-refractivity contribution is 0.628. The van der Waals surface area contributed by atoms with Crippen molar-refractivity contribution in [3.8, 4) is 11.4 Å². The molecule has 0 saturated carbocycles. The number of anilines is 1. The van der Waals surface area contributed by atoms with E-state index in [0.29, 0.717) is 17.9 Å². The molecular weight excluding hydrogens is 197 g/mol. The molecule has 15 heavy (non-hydrogen) atoms. The molecule has 0 atom stereocenters. The van der Waals surface area contributed by atoms with Crippen molar-refractivity contribution in [1.82, 2.24) is 20.2 Å². The summed E-state index contributed by atoms with van der Waals surface area (Å²) in [4.78, 5) is 0. The van der Waals surface area contributed by atoms with Crippen LogP contribution < -0.4 is 5.73 Å². The summed E-state index contributed by atoms with van der Waals surface area (Å²) in [6.07, 6.45) is 0. The Balaban J connectivity index is 2.50. The van der Waals surface area contributed by atoms with Crippen molar-refractivity contribution >= 4 is 5.69 Å². The van der Waals surface area contributed by atoms with E-state index in [1.54, 1.807) is 10.7 Å². The smallest absolute Gasteiger partial charge is 0.182 e. The van der Waals surface area contributed by atoms with Crippen LogP contribution in [0.4, 0.5) is 10.1 Å². The second kappa shape index (κ2) is 3.64. The van der Waals surface area contributed by atoms with Gasteiger partial charge in [-0.2, -0.15) is 0 Å². The highest BCUT2D eigenvalue weighted by molar-refractivity contribution is 5.61. The van der Waals surface area contributed by atoms with Crippen molar-refractivity contribution in [2.24, 2.45) is 0 Å². The molecule has 0 saturated heterocycles. The molecular formula is C9H10FN5. The predicted octanol–water partition coefficient (Wildman–Crippen LogP) is 1.08. The Bertz CT molecular complexity index is 479. The second-order valence-electron chi connectivity index (χ2n) is 3.05. The molecule has 5 nitrogen and oxygen atoms in total. The van der Waals surface area contributed by atoms with Gasteiger partial charge in [-0.15, -0.1) is 5.10 Å². The van der Waals surface area contributed by atoms with Crippen LogP contribution in [0.1, 0.15) is 6.92 Å². The average Bonchev–Trinajstić information content (AvgIpc) is 2.70. The van der Waals surface area contributed by atoms with Gasteiger partial charge in [0.25, 0.3) is 0 Å². The minimum absolute atomic E-state index is 0.0955. The van der Waals surface area contributed by atoms with E-state index in [4.69, 9.17) is 5.73 Å². The molecule has 2 rings (SSSR count). The first kappa shape index (κ1) is 9.57.